The number of phenols is 1. The van der Waals surface area contributed by atoms with Crippen LogP contribution in [0.2, 0.25) is 0 Å². The molecule has 132 valence electrons. The van der Waals surface area contributed by atoms with Gasteiger partial charge in [-0.25, -0.2) is 13.3 Å². The van der Waals surface area contributed by atoms with Gasteiger partial charge in [0.15, 0.2) is 5.82 Å². The molecule has 3 aromatic rings. The van der Waals surface area contributed by atoms with E-state index in [2.05, 4.69) is 14.8 Å². The minimum absolute atomic E-state index is 0.157. The van der Waals surface area contributed by atoms with Crippen molar-refractivity contribution in [3.63, 3.8) is 0 Å². The second-order valence-corrected chi connectivity index (χ2v) is 6.63. The van der Waals surface area contributed by atoms with Crippen molar-refractivity contribution in [3.05, 3.63) is 54.9 Å². The van der Waals surface area contributed by atoms with Gasteiger partial charge >= 0.3 is 0 Å². The first-order valence-electron chi connectivity index (χ1n) is 7.50. The molecule has 2 aromatic heterocycles. The quantitative estimate of drug-likeness (QED) is 0.721. The molecule has 1 aliphatic heterocycles. The topological polar surface area (TPSA) is 100 Å². The van der Waals surface area contributed by atoms with Gasteiger partial charge in [-0.15, -0.1) is 0 Å². The molecule has 2 N–H and O–H groups in total. The molecule has 1 fully saturated rings. The number of phenolic OH excluding ortho intramolecular Hbond substituents is 1. The van der Waals surface area contributed by atoms with Gasteiger partial charge in [0.2, 0.25) is 11.2 Å². The number of hydrogen-bond acceptors (Lipinski definition) is 5. The van der Waals surface area contributed by atoms with Crippen molar-refractivity contribution in [2.24, 2.45) is 0 Å². The normalized spacial score (nSPS) is 16.7. The molecule has 1 aromatic carbocycles. The summed E-state index contributed by atoms with van der Waals surface area (Å²) in [5.41, 5.74) is 1.02. The second kappa shape index (κ2) is 6.23. The van der Waals surface area contributed by atoms with Gasteiger partial charge in [-0.05, 0) is 24.3 Å². The van der Waals surface area contributed by atoms with E-state index < -0.39 is 28.6 Å². The fourth-order valence-electron chi connectivity index (χ4n) is 2.64. The molecule has 8 nitrogen and oxygen atoms in total. The monoisotopic (exact) mass is 373 g/mol. The molecule has 26 heavy (non-hydrogen) atoms. The van der Waals surface area contributed by atoms with E-state index in [0.29, 0.717) is 11.3 Å². The Kier molecular flexibility index (Phi) is 3.88. The predicted molar refractivity (Wildman–Crippen MR) is 92.0 cm³/mol. The highest BCUT2D eigenvalue weighted by Crippen LogP contribution is 2.38. The molecule has 1 atom stereocenters. The van der Waals surface area contributed by atoms with Crippen molar-refractivity contribution in [2.45, 2.75) is 0 Å². The molecule has 4 rings (SSSR count). The highest BCUT2D eigenvalue weighted by Gasteiger charge is 2.32. The van der Waals surface area contributed by atoms with Crippen LogP contribution in [-0.4, -0.2) is 36.5 Å². The molecule has 0 bridgehead atoms. The maximum atomic E-state index is 15.1. The van der Waals surface area contributed by atoms with Crippen LogP contribution >= 0.6 is 0 Å². The third kappa shape index (κ3) is 2.69. The van der Waals surface area contributed by atoms with Crippen LogP contribution < -0.4 is 9.03 Å². The Morgan fingerprint density at radius 2 is 2.12 bits per heavy atom. The Bertz CT molecular complexity index is 1020. The number of amides is 1. The lowest BCUT2D eigenvalue weighted by atomic mass is 10.1. The van der Waals surface area contributed by atoms with Crippen molar-refractivity contribution in [1.29, 1.82) is 0 Å². The Balaban J connectivity index is 1.77. The Labute approximate surface area is 149 Å². The summed E-state index contributed by atoms with van der Waals surface area (Å²) in [5, 5.41) is 14.2. The SMILES string of the molecule is O=C1CN(c2c(O)ccc(-c3cnn(-c4cccnc4)c3)c2F)S(=O)N1. The summed E-state index contributed by atoms with van der Waals surface area (Å²) in [6, 6.07) is 6.23. The number of nitrogens with one attached hydrogen (secondary N) is 1. The largest absolute Gasteiger partial charge is 0.506 e. The first-order chi connectivity index (χ1) is 12.5. The third-order valence-corrected chi connectivity index (χ3v) is 4.95. The van der Waals surface area contributed by atoms with E-state index in [9.17, 15) is 14.1 Å². The summed E-state index contributed by atoms with van der Waals surface area (Å²) >= 11 is -1.95. The number of rotatable bonds is 3. The Morgan fingerprint density at radius 1 is 1.27 bits per heavy atom. The number of carbonyl (C=O) groups is 1. The molecule has 1 saturated heterocycles. The van der Waals surface area contributed by atoms with Crippen molar-refractivity contribution >= 4 is 22.8 Å². The van der Waals surface area contributed by atoms with Crippen LogP contribution in [0.4, 0.5) is 10.1 Å². The third-order valence-electron chi connectivity index (χ3n) is 3.84. The second-order valence-electron chi connectivity index (χ2n) is 5.49. The lowest BCUT2D eigenvalue weighted by Crippen LogP contribution is -2.23. The minimum atomic E-state index is -1.95. The standard InChI is InChI=1S/C16H12FN5O3S/c17-15-12(10-6-19-21(8-10)11-2-1-5-18-7-11)3-4-13(23)16(15)22-9-14(24)20-26(22)25/h1-8,23H,9H2,(H,20,24). The van der Waals surface area contributed by atoms with Crippen molar-refractivity contribution in [1.82, 2.24) is 19.5 Å². The van der Waals surface area contributed by atoms with Crippen LogP contribution in [0.15, 0.2) is 49.1 Å². The highest BCUT2D eigenvalue weighted by molar-refractivity contribution is 7.85. The zero-order chi connectivity index (χ0) is 18.3. The van der Waals surface area contributed by atoms with Crippen molar-refractivity contribution in [2.75, 3.05) is 10.8 Å². The maximum absolute atomic E-state index is 15.1. The first kappa shape index (κ1) is 16.2. The van der Waals surface area contributed by atoms with Crippen LogP contribution in [0.3, 0.4) is 0 Å². The average molecular weight is 373 g/mol. The molecule has 10 heteroatoms. The minimum Gasteiger partial charge on any atom is -0.506 e. The zero-order valence-electron chi connectivity index (χ0n) is 13.2. The Morgan fingerprint density at radius 3 is 2.81 bits per heavy atom. The number of nitrogens with zero attached hydrogens (tertiary/aromatic N) is 4. The van der Waals surface area contributed by atoms with E-state index in [4.69, 9.17) is 0 Å². The fourth-order valence-corrected chi connectivity index (χ4v) is 3.59. The molecular weight excluding hydrogens is 361 g/mol. The summed E-state index contributed by atoms with van der Waals surface area (Å²) in [6.07, 6.45) is 6.32. The van der Waals surface area contributed by atoms with E-state index in [1.165, 1.54) is 23.0 Å². The number of aromatic hydroxyl groups is 1. The number of carbonyl (C=O) groups excluding carboxylic acids is 1. The van der Waals surface area contributed by atoms with Gasteiger partial charge in [0, 0.05) is 23.5 Å². The van der Waals surface area contributed by atoms with Crippen LogP contribution in [0, 0.1) is 5.82 Å². The van der Waals surface area contributed by atoms with E-state index in [1.54, 1.807) is 30.7 Å². The average Bonchev–Trinajstić information content (AvgIpc) is 3.23. The van der Waals surface area contributed by atoms with E-state index >= 15 is 4.39 Å². The summed E-state index contributed by atoms with van der Waals surface area (Å²) < 4.78 is 31.7. The first-order valence-corrected chi connectivity index (χ1v) is 8.61. The van der Waals surface area contributed by atoms with E-state index in [-0.39, 0.29) is 17.8 Å². The number of benzene rings is 1. The molecule has 1 unspecified atom stereocenters. The van der Waals surface area contributed by atoms with Gasteiger partial charge in [0.25, 0.3) is 5.91 Å². The number of anilines is 1. The molecule has 3 heterocycles. The fraction of sp³-hybridized carbons (Fsp3) is 0.0625. The molecule has 0 aliphatic carbocycles. The molecule has 0 radical (unpaired) electrons. The Hall–Kier alpha value is -3.27. The van der Waals surface area contributed by atoms with Gasteiger partial charge in [-0.2, -0.15) is 5.10 Å². The van der Waals surface area contributed by atoms with Crippen LogP contribution in [0.5, 0.6) is 5.75 Å². The molecule has 0 spiro atoms. The lowest BCUT2D eigenvalue weighted by molar-refractivity contribution is -0.117. The lowest BCUT2D eigenvalue weighted by Gasteiger charge is -2.17. The van der Waals surface area contributed by atoms with Gasteiger partial charge in [0.1, 0.15) is 18.0 Å². The van der Waals surface area contributed by atoms with Gasteiger partial charge in [-0.1, -0.05) is 0 Å². The summed E-state index contributed by atoms with van der Waals surface area (Å²) in [4.78, 5) is 15.4. The summed E-state index contributed by atoms with van der Waals surface area (Å²) in [6.45, 7) is -0.310. The predicted octanol–water partition coefficient (Wildman–Crippen LogP) is 1.29. The van der Waals surface area contributed by atoms with Crippen LogP contribution in [0.25, 0.3) is 16.8 Å². The molecular formula is C16H12FN5O3S. The van der Waals surface area contributed by atoms with Gasteiger partial charge in [0.05, 0.1) is 18.1 Å². The molecule has 1 amide bonds. The van der Waals surface area contributed by atoms with Crippen molar-refractivity contribution < 1.29 is 18.5 Å². The summed E-state index contributed by atoms with van der Waals surface area (Å²) in [5.74, 6) is -1.71. The molecule has 1 aliphatic rings. The number of pyridine rings is 1. The van der Waals surface area contributed by atoms with Crippen molar-refractivity contribution in [3.8, 4) is 22.6 Å². The zero-order valence-corrected chi connectivity index (χ0v) is 14.0. The molecule has 0 saturated carbocycles. The van der Waals surface area contributed by atoms with Crippen LogP contribution in [0.1, 0.15) is 0 Å². The summed E-state index contributed by atoms with van der Waals surface area (Å²) in [7, 11) is 0. The van der Waals surface area contributed by atoms with Gasteiger partial charge in [-0.3, -0.25) is 18.8 Å². The van der Waals surface area contributed by atoms with Gasteiger partial charge < -0.3 is 5.11 Å². The number of halogens is 1. The maximum Gasteiger partial charge on any atom is 0.253 e. The number of hydrogen-bond donors (Lipinski definition) is 2. The van der Waals surface area contributed by atoms with E-state index in [0.717, 1.165) is 4.31 Å². The van der Waals surface area contributed by atoms with E-state index in [1.807, 2.05) is 0 Å². The smallest absolute Gasteiger partial charge is 0.253 e. The number of aromatic nitrogens is 3. The van der Waals surface area contributed by atoms with Crippen LogP contribution in [-0.2, 0) is 16.0 Å². The highest BCUT2D eigenvalue weighted by atomic mass is 32.2.